The molecule has 3 heterocycles. The number of carbonyl (C=O) groups is 1. The molecule has 3 fully saturated rings. The number of rotatable bonds is 4. The zero-order valence-corrected chi connectivity index (χ0v) is 15.8. The second-order valence-electron chi connectivity index (χ2n) is 7.60. The maximum atomic E-state index is 12.9. The van der Waals surface area contributed by atoms with E-state index in [1.165, 1.54) is 19.3 Å². The summed E-state index contributed by atoms with van der Waals surface area (Å²) in [5.41, 5.74) is 0. The van der Waals surface area contributed by atoms with Crippen LogP contribution in [-0.2, 0) is 14.6 Å². The first-order valence-corrected chi connectivity index (χ1v) is 11.4. The molecule has 1 amide bonds. The van der Waals surface area contributed by atoms with E-state index in [0.717, 1.165) is 25.9 Å². The molecule has 0 aliphatic carbocycles. The third kappa shape index (κ3) is 4.72. The molecule has 25 heavy (non-hydrogen) atoms. The highest BCUT2D eigenvalue weighted by atomic mass is 32.2. The monoisotopic (exact) mass is 373 g/mol. The Hall–Kier alpha value is -0.700. The van der Waals surface area contributed by atoms with Crippen LogP contribution in [0.1, 0.15) is 32.1 Å². The highest BCUT2D eigenvalue weighted by molar-refractivity contribution is 7.91. The smallest absolute Gasteiger partial charge is 0.237 e. The molecule has 8 heteroatoms. The quantitative estimate of drug-likeness (QED) is 0.719. The van der Waals surface area contributed by atoms with Crippen molar-refractivity contribution in [1.29, 1.82) is 0 Å². The van der Waals surface area contributed by atoms with Gasteiger partial charge in [-0.15, -0.1) is 0 Å². The maximum absolute atomic E-state index is 12.9. The van der Waals surface area contributed by atoms with E-state index in [-0.39, 0.29) is 36.1 Å². The molecule has 3 aliphatic rings. The molecule has 2 atom stereocenters. The minimum atomic E-state index is -3.12. The lowest BCUT2D eigenvalue weighted by Gasteiger charge is -2.44. The maximum Gasteiger partial charge on any atom is 0.237 e. The normalized spacial score (nSPS) is 31.3. The van der Waals surface area contributed by atoms with Crippen LogP contribution < -0.4 is 0 Å². The van der Waals surface area contributed by atoms with Gasteiger partial charge in [0.05, 0.1) is 30.7 Å². The van der Waals surface area contributed by atoms with Gasteiger partial charge in [0.15, 0.2) is 9.84 Å². The number of hydrogen-bond acceptors (Lipinski definition) is 6. The fourth-order valence-electron chi connectivity index (χ4n) is 4.49. The summed E-state index contributed by atoms with van der Waals surface area (Å²) in [6, 6.07) is -0.422. The van der Waals surface area contributed by atoms with E-state index >= 15 is 0 Å². The van der Waals surface area contributed by atoms with Crippen molar-refractivity contribution >= 4 is 15.7 Å². The van der Waals surface area contributed by atoms with Gasteiger partial charge in [-0.25, -0.2) is 8.42 Å². The zero-order valence-electron chi connectivity index (χ0n) is 15.0. The summed E-state index contributed by atoms with van der Waals surface area (Å²) in [5.74, 6) is 0.229. The van der Waals surface area contributed by atoms with Crippen LogP contribution in [0.5, 0.6) is 0 Å². The van der Waals surface area contributed by atoms with Gasteiger partial charge >= 0.3 is 0 Å². The predicted octanol–water partition coefficient (Wildman–Crippen LogP) is -0.445. The Morgan fingerprint density at radius 3 is 2.24 bits per heavy atom. The van der Waals surface area contributed by atoms with Crippen LogP contribution in [0.3, 0.4) is 0 Å². The van der Waals surface area contributed by atoms with Crippen LogP contribution in [-0.4, -0.2) is 104 Å². The Morgan fingerprint density at radius 1 is 0.920 bits per heavy atom. The summed E-state index contributed by atoms with van der Waals surface area (Å²) in [7, 11) is -3.12. The Labute approximate surface area is 150 Å². The number of likely N-dealkylation sites (tertiary alicyclic amines) is 1. The number of amides is 1. The van der Waals surface area contributed by atoms with Crippen LogP contribution in [0.25, 0.3) is 0 Å². The van der Waals surface area contributed by atoms with Crippen LogP contribution in [0.4, 0.5) is 0 Å². The van der Waals surface area contributed by atoms with Crippen molar-refractivity contribution in [2.24, 2.45) is 0 Å². The molecule has 0 aromatic heterocycles. The Morgan fingerprint density at radius 2 is 1.56 bits per heavy atom. The van der Waals surface area contributed by atoms with Gasteiger partial charge in [0.2, 0.25) is 5.91 Å². The summed E-state index contributed by atoms with van der Waals surface area (Å²) in [6.45, 7) is 4.02. The SMILES string of the molecule is O=C(CN1CCCCCCC1)N1CCN(CCO)C2CS(=O)(=O)CC21. The van der Waals surface area contributed by atoms with Gasteiger partial charge in [-0.3, -0.25) is 14.6 Å². The topological polar surface area (TPSA) is 81.2 Å². The molecular formula is C17H31N3O4S. The molecule has 3 aliphatic heterocycles. The van der Waals surface area contributed by atoms with Crippen LogP contribution in [0, 0.1) is 0 Å². The zero-order chi connectivity index (χ0) is 17.9. The molecule has 0 bridgehead atoms. The molecule has 3 saturated heterocycles. The van der Waals surface area contributed by atoms with Crippen molar-refractivity contribution < 1.29 is 18.3 Å². The second kappa shape index (κ2) is 8.33. The number of piperazine rings is 1. The molecule has 0 saturated carbocycles. The van der Waals surface area contributed by atoms with E-state index in [0.29, 0.717) is 26.2 Å². The molecule has 1 N–H and O–H groups in total. The van der Waals surface area contributed by atoms with Crippen molar-refractivity contribution in [2.45, 2.75) is 44.2 Å². The standard InChI is InChI=1S/C17H31N3O4S/c21-11-10-19-8-9-20(16-14-25(23,24)13-15(16)19)17(22)12-18-6-4-2-1-3-5-7-18/h15-16,21H,1-14H2. The minimum absolute atomic E-state index is 0.0188. The van der Waals surface area contributed by atoms with E-state index < -0.39 is 9.84 Å². The largest absolute Gasteiger partial charge is 0.395 e. The molecule has 0 spiro atoms. The first-order valence-electron chi connectivity index (χ1n) is 9.57. The van der Waals surface area contributed by atoms with Crippen molar-refractivity contribution in [3.8, 4) is 0 Å². The number of hydrogen-bond donors (Lipinski definition) is 1. The molecule has 144 valence electrons. The van der Waals surface area contributed by atoms with Gasteiger partial charge in [0.1, 0.15) is 0 Å². The van der Waals surface area contributed by atoms with Gasteiger partial charge in [-0.05, 0) is 25.9 Å². The number of sulfone groups is 1. The molecular weight excluding hydrogens is 342 g/mol. The fraction of sp³-hybridized carbons (Fsp3) is 0.941. The van der Waals surface area contributed by atoms with E-state index in [2.05, 4.69) is 4.90 Å². The Balaban J connectivity index is 1.65. The van der Waals surface area contributed by atoms with Gasteiger partial charge < -0.3 is 10.0 Å². The molecule has 7 nitrogen and oxygen atoms in total. The Bertz CT molecular complexity index is 560. The lowest BCUT2D eigenvalue weighted by atomic mass is 10.0. The average molecular weight is 374 g/mol. The van der Waals surface area contributed by atoms with Crippen molar-refractivity contribution in [2.75, 3.05) is 57.4 Å². The lowest BCUT2D eigenvalue weighted by Crippen LogP contribution is -2.62. The van der Waals surface area contributed by atoms with Gasteiger partial charge in [0.25, 0.3) is 0 Å². The molecule has 0 radical (unpaired) electrons. The second-order valence-corrected chi connectivity index (χ2v) is 9.76. The van der Waals surface area contributed by atoms with Crippen molar-refractivity contribution in [3.63, 3.8) is 0 Å². The summed E-state index contributed by atoms with van der Waals surface area (Å²) in [5, 5.41) is 9.23. The fourth-order valence-corrected chi connectivity index (χ4v) is 6.51. The first-order chi connectivity index (χ1) is 12.0. The van der Waals surface area contributed by atoms with Crippen LogP contribution in [0.15, 0.2) is 0 Å². The van der Waals surface area contributed by atoms with Crippen molar-refractivity contribution in [1.82, 2.24) is 14.7 Å². The van der Waals surface area contributed by atoms with Crippen LogP contribution >= 0.6 is 0 Å². The number of carbonyl (C=O) groups excluding carboxylic acids is 1. The summed E-state index contributed by atoms with van der Waals surface area (Å²) in [6.07, 6.45) is 6.02. The third-order valence-electron chi connectivity index (χ3n) is 5.81. The molecule has 0 aromatic carbocycles. The molecule has 3 rings (SSSR count). The number of nitrogens with zero attached hydrogens (tertiary/aromatic N) is 3. The Kier molecular flexibility index (Phi) is 6.35. The summed E-state index contributed by atoms with van der Waals surface area (Å²) < 4.78 is 24.3. The summed E-state index contributed by atoms with van der Waals surface area (Å²) in [4.78, 5) is 19.0. The number of aliphatic hydroxyl groups is 1. The number of fused-ring (bicyclic) bond motifs is 1. The summed E-state index contributed by atoms with van der Waals surface area (Å²) >= 11 is 0. The van der Waals surface area contributed by atoms with E-state index in [1.807, 2.05) is 9.80 Å². The number of β-amino-alcohol motifs (C(OH)–C–C–N with tert-alkyl or cyclic N) is 1. The minimum Gasteiger partial charge on any atom is -0.395 e. The van der Waals surface area contributed by atoms with Crippen molar-refractivity contribution in [3.05, 3.63) is 0 Å². The molecule has 0 aromatic rings. The predicted molar refractivity (Wildman–Crippen MR) is 96.1 cm³/mol. The van der Waals surface area contributed by atoms with E-state index in [1.54, 1.807) is 0 Å². The number of aliphatic hydroxyl groups excluding tert-OH is 1. The van der Waals surface area contributed by atoms with Gasteiger partial charge in [0, 0.05) is 25.7 Å². The lowest BCUT2D eigenvalue weighted by molar-refractivity contribution is -0.138. The van der Waals surface area contributed by atoms with Gasteiger partial charge in [-0.2, -0.15) is 0 Å². The van der Waals surface area contributed by atoms with Gasteiger partial charge in [-0.1, -0.05) is 19.3 Å². The third-order valence-corrected chi connectivity index (χ3v) is 7.50. The van der Waals surface area contributed by atoms with E-state index in [9.17, 15) is 18.3 Å². The highest BCUT2D eigenvalue weighted by Crippen LogP contribution is 2.27. The van der Waals surface area contributed by atoms with Crippen LogP contribution in [0.2, 0.25) is 0 Å². The highest BCUT2D eigenvalue weighted by Gasteiger charge is 2.47. The van der Waals surface area contributed by atoms with E-state index in [4.69, 9.17) is 0 Å². The molecule has 2 unspecified atom stereocenters. The first kappa shape index (κ1) is 19.1. The average Bonchev–Trinajstić information content (AvgIpc) is 2.85.